The molecule has 0 fully saturated rings. The van der Waals surface area contributed by atoms with Crippen LogP contribution in [0.4, 0.5) is 0 Å². The maximum absolute atomic E-state index is 3.59. The third-order valence-corrected chi connectivity index (χ3v) is 2.46. The average molecular weight is 189 g/mol. The summed E-state index contributed by atoms with van der Waals surface area (Å²) >= 11 is 3.59. The maximum Gasteiger partial charge on any atom is 0.0325 e. The van der Waals surface area contributed by atoms with Crippen LogP contribution in [-0.2, 0) is 0 Å². The van der Waals surface area contributed by atoms with E-state index in [0.29, 0.717) is 4.83 Å². The van der Waals surface area contributed by atoms with Gasteiger partial charge in [-0.3, -0.25) is 0 Å². The topological polar surface area (TPSA) is 0 Å². The molecule has 0 aromatic carbocycles. The molecule has 0 saturated carbocycles. The van der Waals surface area contributed by atoms with Crippen molar-refractivity contribution >= 4 is 15.9 Å². The number of halogens is 1. The van der Waals surface area contributed by atoms with Gasteiger partial charge >= 0.3 is 0 Å². The Morgan fingerprint density at radius 2 is 2.11 bits per heavy atom. The Morgan fingerprint density at radius 1 is 1.22 bits per heavy atom. The molecular weight excluding hydrogens is 176 g/mol. The Morgan fingerprint density at radius 3 is 3.00 bits per heavy atom. The van der Waals surface area contributed by atoms with Gasteiger partial charge in [0.25, 0.3) is 0 Å². The van der Waals surface area contributed by atoms with Gasteiger partial charge in [-0.05, 0) is 19.3 Å². The van der Waals surface area contributed by atoms with E-state index in [9.17, 15) is 0 Å². The van der Waals surface area contributed by atoms with Crippen molar-refractivity contribution in [3.8, 4) is 0 Å². The molecular formula is C8H13Br. The van der Waals surface area contributed by atoms with Gasteiger partial charge < -0.3 is 0 Å². The Hall–Kier alpha value is 0.220. The Labute approximate surface area is 65.5 Å². The summed E-state index contributed by atoms with van der Waals surface area (Å²) in [4.78, 5) is 0.651. The van der Waals surface area contributed by atoms with E-state index in [4.69, 9.17) is 0 Å². The van der Waals surface area contributed by atoms with Crippen LogP contribution >= 0.6 is 15.9 Å². The van der Waals surface area contributed by atoms with Crippen molar-refractivity contribution in [2.24, 2.45) is 0 Å². The second kappa shape index (κ2) is 4.10. The highest BCUT2D eigenvalue weighted by Gasteiger charge is 2.00. The zero-order valence-electron chi connectivity index (χ0n) is 5.65. The lowest BCUT2D eigenvalue weighted by Gasteiger charge is -2.06. The minimum absolute atomic E-state index is 0.651. The molecule has 0 heterocycles. The van der Waals surface area contributed by atoms with E-state index in [-0.39, 0.29) is 0 Å². The summed E-state index contributed by atoms with van der Waals surface area (Å²) in [6.07, 6.45) is 11.3. The zero-order chi connectivity index (χ0) is 6.53. The molecule has 52 valence electrons. The Bertz CT molecular complexity index is 96.7. The van der Waals surface area contributed by atoms with Crippen LogP contribution in [0.2, 0.25) is 0 Å². The predicted octanol–water partition coefficient (Wildman–Crippen LogP) is 3.27. The second-order valence-electron chi connectivity index (χ2n) is 2.58. The Balaban J connectivity index is 2.30. The number of rotatable bonds is 0. The van der Waals surface area contributed by atoms with E-state index in [0.717, 1.165) is 0 Å². The molecule has 0 bridgehead atoms. The molecule has 9 heavy (non-hydrogen) atoms. The SMILES string of the molecule is Br[C@H]1C=CCCCCC1. The summed E-state index contributed by atoms with van der Waals surface area (Å²) in [5.74, 6) is 0. The van der Waals surface area contributed by atoms with Crippen molar-refractivity contribution < 1.29 is 0 Å². The molecule has 1 rings (SSSR count). The summed E-state index contributed by atoms with van der Waals surface area (Å²) in [5.41, 5.74) is 0. The highest BCUT2D eigenvalue weighted by molar-refractivity contribution is 9.09. The van der Waals surface area contributed by atoms with Gasteiger partial charge in [0.2, 0.25) is 0 Å². The summed E-state index contributed by atoms with van der Waals surface area (Å²) in [5, 5.41) is 0. The van der Waals surface area contributed by atoms with Gasteiger partial charge in [-0.1, -0.05) is 40.9 Å². The first-order valence-electron chi connectivity index (χ1n) is 3.70. The summed E-state index contributed by atoms with van der Waals surface area (Å²) < 4.78 is 0. The zero-order valence-corrected chi connectivity index (χ0v) is 7.23. The fourth-order valence-electron chi connectivity index (χ4n) is 1.12. The molecule has 1 heteroatoms. The monoisotopic (exact) mass is 188 g/mol. The van der Waals surface area contributed by atoms with Crippen LogP contribution in [-0.4, -0.2) is 4.83 Å². The summed E-state index contributed by atoms with van der Waals surface area (Å²) in [6, 6.07) is 0. The van der Waals surface area contributed by atoms with E-state index in [1.54, 1.807) is 0 Å². The lowest BCUT2D eigenvalue weighted by Crippen LogP contribution is -1.94. The molecule has 0 radical (unpaired) electrons. The molecule has 0 aliphatic heterocycles. The van der Waals surface area contributed by atoms with Crippen LogP contribution in [0.15, 0.2) is 12.2 Å². The molecule has 0 nitrogen and oxygen atoms in total. The van der Waals surface area contributed by atoms with Crippen molar-refractivity contribution in [1.29, 1.82) is 0 Å². The molecule has 1 atom stereocenters. The van der Waals surface area contributed by atoms with E-state index in [2.05, 4.69) is 28.1 Å². The second-order valence-corrected chi connectivity index (χ2v) is 3.76. The molecule has 0 amide bonds. The van der Waals surface area contributed by atoms with Gasteiger partial charge in [-0.25, -0.2) is 0 Å². The smallest absolute Gasteiger partial charge is 0.0325 e. The van der Waals surface area contributed by atoms with Gasteiger partial charge in [-0.15, -0.1) is 0 Å². The quantitative estimate of drug-likeness (QED) is 0.405. The molecule has 0 N–H and O–H groups in total. The van der Waals surface area contributed by atoms with E-state index in [1.165, 1.54) is 32.1 Å². The largest absolute Gasteiger partial charge is 0.0874 e. The maximum atomic E-state index is 3.59. The van der Waals surface area contributed by atoms with Crippen molar-refractivity contribution in [3.63, 3.8) is 0 Å². The predicted molar refractivity (Wildman–Crippen MR) is 44.9 cm³/mol. The lowest BCUT2D eigenvalue weighted by atomic mass is 10.1. The van der Waals surface area contributed by atoms with Crippen LogP contribution < -0.4 is 0 Å². The van der Waals surface area contributed by atoms with Crippen LogP contribution in [0.1, 0.15) is 32.1 Å². The van der Waals surface area contributed by atoms with Gasteiger partial charge in [0, 0.05) is 4.83 Å². The number of hydrogen-bond donors (Lipinski definition) is 0. The molecule has 0 aromatic heterocycles. The minimum atomic E-state index is 0.651. The normalized spacial score (nSPS) is 29.2. The first-order chi connectivity index (χ1) is 4.39. The molecule has 0 unspecified atom stereocenters. The van der Waals surface area contributed by atoms with Crippen molar-refractivity contribution in [1.82, 2.24) is 0 Å². The highest BCUT2D eigenvalue weighted by atomic mass is 79.9. The molecule has 1 aliphatic rings. The van der Waals surface area contributed by atoms with Crippen molar-refractivity contribution in [2.75, 3.05) is 0 Å². The number of allylic oxidation sites excluding steroid dienone is 2. The van der Waals surface area contributed by atoms with Crippen molar-refractivity contribution in [2.45, 2.75) is 36.9 Å². The van der Waals surface area contributed by atoms with Crippen LogP contribution in [0.25, 0.3) is 0 Å². The average Bonchev–Trinajstić information content (AvgIpc) is 1.79. The highest BCUT2D eigenvalue weighted by Crippen LogP contribution is 2.16. The first kappa shape index (κ1) is 7.33. The minimum Gasteiger partial charge on any atom is -0.0874 e. The van der Waals surface area contributed by atoms with Crippen LogP contribution in [0.3, 0.4) is 0 Å². The first-order valence-corrected chi connectivity index (χ1v) is 4.62. The van der Waals surface area contributed by atoms with Crippen molar-refractivity contribution in [3.05, 3.63) is 12.2 Å². The lowest BCUT2D eigenvalue weighted by molar-refractivity contribution is 0.646. The van der Waals surface area contributed by atoms with Gasteiger partial charge in [0.1, 0.15) is 0 Å². The fraction of sp³-hybridized carbons (Fsp3) is 0.750. The molecule has 0 aromatic rings. The fourth-order valence-corrected chi connectivity index (χ4v) is 1.66. The van der Waals surface area contributed by atoms with Gasteiger partial charge in [-0.2, -0.15) is 0 Å². The number of alkyl halides is 1. The molecule has 0 saturated heterocycles. The van der Waals surface area contributed by atoms with Crippen LogP contribution in [0, 0.1) is 0 Å². The molecule has 0 spiro atoms. The summed E-state index contributed by atoms with van der Waals surface area (Å²) in [7, 11) is 0. The summed E-state index contributed by atoms with van der Waals surface area (Å²) in [6.45, 7) is 0. The standard InChI is InChI=1S/C8H13Br/c9-8-6-4-2-1-3-5-7-8/h4,6,8H,1-3,5,7H2/t8-/m0/s1. The Kier molecular flexibility index (Phi) is 3.34. The molecule has 1 aliphatic carbocycles. The van der Waals surface area contributed by atoms with Gasteiger partial charge in [0.15, 0.2) is 0 Å². The van der Waals surface area contributed by atoms with E-state index >= 15 is 0 Å². The third-order valence-electron chi connectivity index (χ3n) is 1.70. The number of hydrogen-bond acceptors (Lipinski definition) is 0. The van der Waals surface area contributed by atoms with Gasteiger partial charge in [0.05, 0.1) is 0 Å². The van der Waals surface area contributed by atoms with E-state index < -0.39 is 0 Å². The third kappa shape index (κ3) is 3.04. The van der Waals surface area contributed by atoms with E-state index in [1.807, 2.05) is 0 Å². The van der Waals surface area contributed by atoms with Crippen LogP contribution in [0.5, 0.6) is 0 Å².